The highest BCUT2D eigenvalue weighted by molar-refractivity contribution is 5.85. The number of benzene rings is 1. The van der Waals surface area contributed by atoms with Gasteiger partial charge in [-0.1, -0.05) is 0 Å². The summed E-state index contributed by atoms with van der Waals surface area (Å²) in [6.45, 7) is 5.44. The van der Waals surface area contributed by atoms with E-state index in [1.54, 1.807) is 30.5 Å². The number of rotatable bonds is 3. The van der Waals surface area contributed by atoms with E-state index in [1.165, 1.54) is 6.33 Å². The van der Waals surface area contributed by atoms with E-state index in [-0.39, 0.29) is 0 Å². The minimum absolute atomic E-state index is 0.467. The second kappa shape index (κ2) is 6.19. The fourth-order valence-electron chi connectivity index (χ4n) is 2.07. The monoisotopic (exact) mass is 326 g/mol. The largest absolute Gasteiger partial charge is 0.444 e. The molecule has 2 aromatic heterocycles. The number of nitrogens with zero attached hydrogens (tertiary/aromatic N) is 2. The maximum Gasteiger partial charge on any atom is 0.412 e. The Kier molecular flexibility index (Phi) is 4.07. The van der Waals surface area contributed by atoms with Crippen molar-refractivity contribution in [2.24, 2.45) is 0 Å². The molecule has 1 amide bonds. The number of aromatic amines is 1. The number of carbonyl (C=O) groups excluding carboxylic acids is 1. The van der Waals surface area contributed by atoms with E-state index in [4.69, 9.17) is 9.47 Å². The highest BCUT2D eigenvalue weighted by Gasteiger charge is 2.16. The zero-order valence-electron chi connectivity index (χ0n) is 13.7. The normalized spacial score (nSPS) is 11.3. The molecule has 7 heteroatoms. The van der Waals surface area contributed by atoms with Crippen LogP contribution in [0.4, 0.5) is 10.5 Å². The first-order chi connectivity index (χ1) is 11.4. The molecule has 24 heavy (non-hydrogen) atoms. The first-order valence-corrected chi connectivity index (χ1v) is 7.47. The van der Waals surface area contributed by atoms with Crippen LogP contribution in [-0.4, -0.2) is 26.6 Å². The minimum atomic E-state index is -0.540. The van der Waals surface area contributed by atoms with Crippen molar-refractivity contribution >= 4 is 22.8 Å². The number of carbonyl (C=O) groups is 1. The smallest absolute Gasteiger partial charge is 0.412 e. The van der Waals surface area contributed by atoms with Crippen molar-refractivity contribution in [3.05, 3.63) is 42.9 Å². The maximum absolute atomic E-state index is 11.7. The van der Waals surface area contributed by atoms with Gasteiger partial charge in [0, 0.05) is 11.9 Å². The van der Waals surface area contributed by atoms with Gasteiger partial charge in [0.15, 0.2) is 0 Å². The molecule has 2 heterocycles. The number of ether oxygens (including phenoxy) is 2. The first-order valence-electron chi connectivity index (χ1n) is 7.47. The molecule has 0 saturated carbocycles. The van der Waals surface area contributed by atoms with Gasteiger partial charge in [0.2, 0.25) is 5.88 Å². The quantitative estimate of drug-likeness (QED) is 0.756. The summed E-state index contributed by atoms with van der Waals surface area (Å²) in [6, 6.07) is 8.80. The summed E-state index contributed by atoms with van der Waals surface area (Å²) in [5.41, 5.74) is 0.788. The Bertz CT molecular complexity index is 850. The fourth-order valence-corrected chi connectivity index (χ4v) is 2.07. The molecule has 0 bridgehead atoms. The SMILES string of the molecule is CC(C)(C)OC(=O)Nc1ccc(Oc2ncnc3[nH]ccc23)cc1. The molecule has 0 unspecified atom stereocenters. The van der Waals surface area contributed by atoms with Crippen molar-refractivity contribution < 1.29 is 14.3 Å². The van der Waals surface area contributed by atoms with Crippen LogP contribution in [0.25, 0.3) is 11.0 Å². The van der Waals surface area contributed by atoms with Gasteiger partial charge in [-0.05, 0) is 51.1 Å². The van der Waals surface area contributed by atoms with Crippen LogP contribution < -0.4 is 10.1 Å². The predicted octanol–water partition coefficient (Wildman–Crippen LogP) is 4.10. The molecule has 0 atom stereocenters. The summed E-state index contributed by atoms with van der Waals surface area (Å²) < 4.78 is 11.0. The summed E-state index contributed by atoms with van der Waals surface area (Å²) in [7, 11) is 0. The van der Waals surface area contributed by atoms with Gasteiger partial charge in [0.25, 0.3) is 0 Å². The van der Waals surface area contributed by atoms with E-state index >= 15 is 0 Å². The van der Waals surface area contributed by atoms with Crippen molar-refractivity contribution in [1.29, 1.82) is 0 Å². The third kappa shape index (κ3) is 3.81. The van der Waals surface area contributed by atoms with Crippen LogP contribution in [0.3, 0.4) is 0 Å². The topological polar surface area (TPSA) is 89.1 Å². The Labute approximate surface area is 139 Å². The molecule has 0 aliphatic heterocycles. The molecule has 2 N–H and O–H groups in total. The van der Waals surface area contributed by atoms with Gasteiger partial charge >= 0.3 is 6.09 Å². The van der Waals surface area contributed by atoms with E-state index < -0.39 is 11.7 Å². The highest BCUT2D eigenvalue weighted by atomic mass is 16.6. The van der Waals surface area contributed by atoms with Gasteiger partial charge in [-0.25, -0.2) is 14.8 Å². The lowest BCUT2D eigenvalue weighted by atomic mass is 10.2. The molecule has 0 radical (unpaired) electrons. The van der Waals surface area contributed by atoms with Gasteiger partial charge < -0.3 is 14.5 Å². The Morgan fingerprint density at radius 3 is 2.58 bits per heavy atom. The Balaban J connectivity index is 1.69. The van der Waals surface area contributed by atoms with Crippen molar-refractivity contribution in [3.8, 4) is 11.6 Å². The number of anilines is 1. The highest BCUT2D eigenvalue weighted by Crippen LogP contribution is 2.26. The van der Waals surface area contributed by atoms with E-state index in [1.807, 2.05) is 26.8 Å². The lowest BCUT2D eigenvalue weighted by Gasteiger charge is -2.19. The van der Waals surface area contributed by atoms with Crippen LogP contribution in [0.5, 0.6) is 11.6 Å². The summed E-state index contributed by atoms with van der Waals surface area (Å²) in [5, 5.41) is 3.47. The number of nitrogens with one attached hydrogen (secondary N) is 2. The average Bonchev–Trinajstić information content (AvgIpc) is 2.97. The van der Waals surface area contributed by atoms with Crippen molar-refractivity contribution in [2.45, 2.75) is 26.4 Å². The molecule has 3 aromatic rings. The number of fused-ring (bicyclic) bond motifs is 1. The zero-order chi connectivity index (χ0) is 17.2. The Morgan fingerprint density at radius 2 is 1.88 bits per heavy atom. The van der Waals surface area contributed by atoms with Gasteiger partial charge in [-0.2, -0.15) is 0 Å². The minimum Gasteiger partial charge on any atom is -0.444 e. The van der Waals surface area contributed by atoms with Crippen molar-refractivity contribution in [2.75, 3.05) is 5.32 Å². The number of hydrogen-bond acceptors (Lipinski definition) is 5. The fraction of sp³-hybridized carbons (Fsp3) is 0.235. The average molecular weight is 326 g/mol. The zero-order valence-corrected chi connectivity index (χ0v) is 13.7. The molecule has 1 aromatic carbocycles. The summed E-state index contributed by atoms with van der Waals surface area (Å²) in [5.74, 6) is 1.07. The molecule has 0 saturated heterocycles. The standard InChI is InChI=1S/C17H18N4O3/c1-17(2,3)24-16(22)21-11-4-6-12(7-5-11)23-15-13-8-9-18-14(13)19-10-20-15/h4-10H,1-3H3,(H,21,22)(H,18,19,20). The summed E-state index contributed by atoms with van der Waals surface area (Å²) >= 11 is 0. The second-order valence-corrected chi connectivity index (χ2v) is 6.17. The lowest BCUT2D eigenvalue weighted by Crippen LogP contribution is -2.27. The molecule has 0 spiro atoms. The van der Waals surface area contributed by atoms with Crippen LogP contribution >= 0.6 is 0 Å². The van der Waals surface area contributed by atoms with Crippen LogP contribution in [0.15, 0.2) is 42.9 Å². The van der Waals surface area contributed by atoms with Crippen LogP contribution in [0, 0.1) is 0 Å². The van der Waals surface area contributed by atoms with E-state index in [9.17, 15) is 4.79 Å². The van der Waals surface area contributed by atoms with Gasteiger partial charge in [-0.15, -0.1) is 0 Å². The van der Waals surface area contributed by atoms with Gasteiger partial charge in [0.1, 0.15) is 23.3 Å². The van der Waals surface area contributed by atoms with Crippen LogP contribution in [0.1, 0.15) is 20.8 Å². The molecule has 0 aliphatic carbocycles. The van der Waals surface area contributed by atoms with Crippen LogP contribution in [-0.2, 0) is 4.74 Å². The molecule has 7 nitrogen and oxygen atoms in total. The number of aromatic nitrogens is 3. The third-order valence-electron chi connectivity index (χ3n) is 3.03. The maximum atomic E-state index is 11.7. The molecule has 0 aliphatic rings. The Hall–Kier alpha value is -3.09. The lowest BCUT2D eigenvalue weighted by molar-refractivity contribution is 0.0636. The number of hydrogen-bond donors (Lipinski definition) is 2. The molecular formula is C17H18N4O3. The van der Waals surface area contributed by atoms with Gasteiger partial charge in [-0.3, -0.25) is 5.32 Å². The molecular weight excluding hydrogens is 308 g/mol. The summed E-state index contributed by atoms with van der Waals surface area (Å²) in [4.78, 5) is 23.0. The van der Waals surface area contributed by atoms with E-state index in [0.717, 1.165) is 5.39 Å². The third-order valence-corrected chi connectivity index (χ3v) is 3.03. The van der Waals surface area contributed by atoms with E-state index in [2.05, 4.69) is 20.3 Å². The summed E-state index contributed by atoms with van der Waals surface area (Å²) in [6.07, 6.45) is 2.72. The molecule has 0 fully saturated rings. The van der Waals surface area contributed by atoms with Crippen molar-refractivity contribution in [3.63, 3.8) is 0 Å². The second-order valence-electron chi connectivity index (χ2n) is 6.17. The number of amides is 1. The molecule has 124 valence electrons. The predicted molar refractivity (Wildman–Crippen MR) is 90.3 cm³/mol. The number of H-pyrrole nitrogens is 1. The van der Waals surface area contributed by atoms with Crippen molar-refractivity contribution in [1.82, 2.24) is 15.0 Å². The van der Waals surface area contributed by atoms with Gasteiger partial charge in [0.05, 0.1) is 5.39 Å². The van der Waals surface area contributed by atoms with E-state index in [0.29, 0.717) is 23.0 Å². The Morgan fingerprint density at radius 1 is 1.12 bits per heavy atom. The molecule has 3 rings (SSSR count). The van der Waals surface area contributed by atoms with Crippen LogP contribution in [0.2, 0.25) is 0 Å². The first kappa shape index (κ1) is 15.8.